The van der Waals surface area contributed by atoms with Gasteiger partial charge in [-0.05, 0) is 35.4 Å². The van der Waals surface area contributed by atoms with Crippen LogP contribution in [0.4, 0.5) is 5.69 Å². The van der Waals surface area contributed by atoms with Gasteiger partial charge in [0.2, 0.25) is 0 Å². The third-order valence-corrected chi connectivity index (χ3v) is 4.82. The number of non-ortho nitro benzene ring substituents is 1. The smallest absolute Gasteiger partial charge is 0.331 e. The Balaban J connectivity index is 2.22. The van der Waals surface area contributed by atoms with Crippen molar-refractivity contribution in [3.63, 3.8) is 0 Å². The van der Waals surface area contributed by atoms with Crippen molar-refractivity contribution in [2.45, 2.75) is 17.0 Å². The van der Waals surface area contributed by atoms with Crippen LogP contribution < -0.4 is 0 Å². The monoisotopic (exact) mass is 392 g/mol. The van der Waals surface area contributed by atoms with Gasteiger partial charge in [0.05, 0.1) is 9.82 Å². The summed E-state index contributed by atoms with van der Waals surface area (Å²) in [6, 6.07) is 8.92. The Morgan fingerprint density at radius 3 is 2.15 bits per heavy atom. The second kappa shape index (κ2) is 8.06. The highest BCUT2D eigenvalue weighted by Crippen LogP contribution is 2.22. The molecule has 0 amide bonds. The molecule has 0 aromatic heterocycles. The summed E-state index contributed by atoms with van der Waals surface area (Å²) in [5.74, 6) is -1.38. The van der Waals surface area contributed by atoms with E-state index in [-0.39, 0.29) is 16.1 Å². The third-order valence-electron chi connectivity index (χ3n) is 3.69. The molecule has 27 heavy (non-hydrogen) atoms. The summed E-state index contributed by atoms with van der Waals surface area (Å²) < 4.78 is 22.9. The van der Waals surface area contributed by atoms with E-state index in [9.17, 15) is 33.5 Å². The topological polar surface area (TPSA) is 147 Å². The zero-order valence-electron chi connectivity index (χ0n) is 14.1. The largest absolute Gasteiger partial charge is 0.480 e. The van der Waals surface area contributed by atoms with Crippen LogP contribution in [0.3, 0.4) is 0 Å². The van der Waals surface area contributed by atoms with E-state index in [1.807, 2.05) is 0 Å². The number of carboxylic acid groups (broad SMARTS) is 1. The SMILES string of the molecule is CS(=O)(=O)c1ccc(C=NC(C(=O)O)C(O)c2ccc([N+](=O)[O-])cc2)cc1. The zero-order valence-corrected chi connectivity index (χ0v) is 14.9. The van der Waals surface area contributed by atoms with Gasteiger partial charge in [-0.1, -0.05) is 12.1 Å². The van der Waals surface area contributed by atoms with Crippen LogP contribution in [-0.4, -0.2) is 48.0 Å². The van der Waals surface area contributed by atoms with Crippen LogP contribution in [0.1, 0.15) is 17.2 Å². The normalized spacial score (nSPS) is 14.0. The molecule has 0 spiro atoms. The number of aliphatic carboxylic acids is 1. The van der Waals surface area contributed by atoms with Crippen LogP contribution in [0.15, 0.2) is 58.4 Å². The lowest BCUT2D eigenvalue weighted by molar-refractivity contribution is -0.384. The number of aliphatic hydroxyl groups excluding tert-OH is 1. The second-order valence-corrected chi connectivity index (χ2v) is 7.71. The summed E-state index contributed by atoms with van der Waals surface area (Å²) in [7, 11) is -3.35. The molecule has 0 aliphatic heterocycles. The quantitative estimate of drug-likeness (QED) is 0.413. The van der Waals surface area contributed by atoms with Gasteiger partial charge in [-0.25, -0.2) is 13.2 Å². The fourth-order valence-corrected chi connectivity index (χ4v) is 2.85. The lowest BCUT2D eigenvalue weighted by atomic mass is 10.0. The number of hydrogen-bond acceptors (Lipinski definition) is 7. The van der Waals surface area contributed by atoms with E-state index in [2.05, 4.69) is 4.99 Å². The summed E-state index contributed by atoms with van der Waals surface area (Å²) in [5.41, 5.74) is 0.425. The van der Waals surface area contributed by atoms with Gasteiger partial charge in [0.25, 0.3) is 5.69 Å². The predicted octanol–water partition coefficient (Wildman–Crippen LogP) is 1.60. The van der Waals surface area contributed by atoms with Crippen molar-refractivity contribution in [2.75, 3.05) is 6.26 Å². The van der Waals surface area contributed by atoms with Crippen molar-refractivity contribution in [3.8, 4) is 0 Å². The molecule has 2 atom stereocenters. The van der Waals surface area contributed by atoms with E-state index in [4.69, 9.17) is 0 Å². The highest BCUT2D eigenvalue weighted by molar-refractivity contribution is 7.90. The standard InChI is InChI=1S/C17H16N2O7S/c1-27(25,26)14-8-2-11(3-9-14)10-18-15(17(21)22)16(20)12-4-6-13(7-5-12)19(23)24/h2-10,15-16,20H,1H3,(H,21,22). The number of aliphatic hydroxyl groups is 1. The molecule has 2 unspecified atom stereocenters. The van der Waals surface area contributed by atoms with Crippen molar-refractivity contribution >= 4 is 27.7 Å². The van der Waals surface area contributed by atoms with Crippen LogP contribution >= 0.6 is 0 Å². The molecule has 0 aliphatic carbocycles. The number of aliphatic imine (C=N–C) groups is 1. The Labute approximate surface area is 154 Å². The van der Waals surface area contributed by atoms with Gasteiger partial charge >= 0.3 is 5.97 Å². The Hall–Kier alpha value is -3.11. The van der Waals surface area contributed by atoms with E-state index >= 15 is 0 Å². The molecule has 10 heteroatoms. The van der Waals surface area contributed by atoms with Gasteiger partial charge in [0.1, 0.15) is 6.10 Å². The maximum Gasteiger partial charge on any atom is 0.331 e. The van der Waals surface area contributed by atoms with Gasteiger partial charge in [-0.15, -0.1) is 0 Å². The zero-order chi connectivity index (χ0) is 20.2. The first kappa shape index (κ1) is 20.2. The number of nitro groups is 1. The highest BCUT2D eigenvalue weighted by Gasteiger charge is 2.27. The summed E-state index contributed by atoms with van der Waals surface area (Å²) in [6.45, 7) is 0. The molecule has 2 aromatic rings. The average molecular weight is 392 g/mol. The molecule has 0 saturated carbocycles. The molecule has 0 aliphatic rings. The molecule has 2 N–H and O–H groups in total. The molecule has 9 nitrogen and oxygen atoms in total. The van der Waals surface area contributed by atoms with Gasteiger partial charge in [-0.3, -0.25) is 15.1 Å². The Morgan fingerprint density at radius 2 is 1.70 bits per heavy atom. The number of rotatable bonds is 7. The molecule has 0 saturated heterocycles. The fourth-order valence-electron chi connectivity index (χ4n) is 2.22. The van der Waals surface area contributed by atoms with Gasteiger partial charge < -0.3 is 10.2 Å². The van der Waals surface area contributed by atoms with E-state index in [0.717, 1.165) is 18.4 Å². The molecular weight excluding hydrogens is 376 g/mol. The number of nitrogens with zero attached hydrogens (tertiary/aromatic N) is 2. The minimum absolute atomic E-state index is 0.111. The summed E-state index contributed by atoms with van der Waals surface area (Å²) in [5, 5.41) is 30.2. The number of carbonyl (C=O) groups is 1. The van der Waals surface area contributed by atoms with E-state index < -0.39 is 32.9 Å². The molecule has 0 fully saturated rings. The average Bonchev–Trinajstić information content (AvgIpc) is 2.61. The van der Waals surface area contributed by atoms with E-state index in [1.165, 1.54) is 42.6 Å². The predicted molar refractivity (Wildman–Crippen MR) is 96.6 cm³/mol. The second-order valence-electron chi connectivity index (χ2n) is 5.70. The maximum absolute atomic E-state index is 11.4. The Bertz CT molecular complexity index is 967. The Kier molecular flexibility index (Phi) is 6.03. The minimum atomic E-state index is -3.35. The van der Waals surface area contributed by atoms with Crippen molar-refractivity contribution < 1.29 is 28.3 Å². The third kappa shape index (κ3) is 5.19. The lowest BCUT2D eigenvalue weighted by Crippen LogP contribution is -2.26. The number of hydrogen-bond donors (Lipinski definition) is 2. The van der Waals surface area contributed by atoms with Gasteiger partial charge in [0, 0.05) is 24.6 Å². The fraction of sp³-hybridized carbons (Fsp3) is 0.176. The minimum Gasteiger partial charge on any atom is -0.480 e. The van der Waals surface area contributed by atoms with Gasteiger partial charge in [0.15, 0.2) is 15.9 Å². The summed E-state index contributed by atoms with van der Waals surface area (Å²) in [4.78, 5) is 25.5. The van der Waals surface area contributed by atoms with Crippen LogP contribution in [-0.2, 0) is 14.6 Å². The first-order valence-corrected chi connectivity index (χ1v) is 9.47. The first-order chi connectivity index (χ1) is 12.6. The molecule has 2 aromatic carbocycles. The van der Waals surface area contributed by atoms with Crippen molar-refractivity contribution in [3.05, 3.63) is 69.8 Å². The number of benzene rings is 2. The molecule has 2 rings (SSSR count). The molecule has 0 heterocycles. The first-order valence-electron chi connectivity index (χ1n) is 7.58. The van der Waals surface area contributed by atoms with Crippen LogP contribution in [0, 0.1) is 10.1 Å². The van der Waals surface area contributed by atoms with E-state index in [1.54, 1.807) is 0 Å². The maximum atomic E-state index is 11.4. The molecular formula is C17H16N2O7S. The van der Waals surface area contributed by atoms with Crippen LogP contribution in [0.2, 0.25) is 0 Å². The molecule has 0 bridgehead atoms. The molecule has 142 valence electrons. The molecule has 0 radical (unpaired) electrons. The van der Waals surface area contributed by atoms with E-state index in [0.29, 0.717) is 5.56 Å². The summed E-state index contributed by atoms with van der Waals surface area (Å²) in [6.07, 6.45) is 0.756. The number of sulfone groups is 1. The highest BCUT2D eigenvalue weighted by atomic mass is 32.2. The Morgan fingerprint density at radius 1 is 1.15 bits per heavy atom. The van der Waals surface area contributed by atoms with Crippen LogP contribution in [0.25, 0.3) is 0 Å². The van der Waals surface area contributed by atoms with Crippen molar-refractivity contribution in [1.29, 1.82) is 0 Å². The lowest BCUT2D eigenvalue weighted by Gasteiger charge is -2.15. The summed E-state index contributed by atoms with van der Waals surface area (Å²) >= 11 is 0. The van der Waals surface area contributed by atoms with Crippen LogP contribution in [0.5, 0.6) is 0 Å². The van der Waals surface area contributed by atoms with Crippen molar-refractivity contribution in [1.82, 2.24) is 0 Å². The van der Waals surface area contributed by atoms with Crippen molar-refractivity contribution in [2.24, 2.45) is 4.99 Å². The number of nitro benzene ring substituents is 1. The van der Waals surface area contributed by atoms with Gasteiger partial charge in [-0.2, -0.15) is 0 Å². The number of carboxylic acids is 1.